The summed E-state index contributed by atoms with van der Waals surface area (Å²) in [5.74, 6) is -1.16. The molecule has 2 aromatic carbocycles. The lowest BCUT2D eigenvalue weighted by molar-refractivity contribution is -0.137. The van der Waals surface area contributed by atoms with Gasteiger partial charge in [-0.3, -0.25) is 9.59 Å². The quantitative estimate of drug-likeness (QED) is 0.706. The number of carbonyl (C=O) groups excluding carboxylic acids is 1. The number of carboxylic acids is 1. The highest BCUT2D eigenvalue weighted by Gasteiger charge is 2.30. The van der Waals surface area contributed by atoms with E-state index in [-0.39, 0.29) is 23.8 Å². The Morgan fingerprint density at radius 2 is 1.62 bits per heavy atom. The van der Waals surface area contributed by atoms with Gasteiger partial charge in [0.15, 0.2) is 9.84 Å². The largest absolute Gasteiger partial charge is 0.481 e. The third-order valence-corrected chi connectivity index (χ3v) is 6.16. The predicted octanol–water partition coefficient (Wildman–Crippen LogP) is 3.25. The molecule has 29 heavy (non-hydrogen) atoms. The number of nitrogens with zero attached hydrogens (tertiary/aromatic N) is 1. The molecule has 152 valence electrons. The number of halogens is 1. The minimum Gasteiger partial charge on any atom is -0.481 e. The third-order valence-electron chi connectivity index (χ3n) is 4.78. The molecule has 3 rings (SSSR count). The average Bonchev–Trinajstić information content (AvgIpc) is 3.02. The SMILES string of the molecule is CS(=O)(=O)c1ccc(/C(=C2/CCN(CCC(=O)O)C2=O)c2ccc(Cl)cc2)cc1. The summed E-state index contributed by atoms with van der Waals surface area (Å²) in [5.41, 5.74) is 2.77. The fourth-order valence-corrected chi connectivity index (χ4v) is 4.08. The zero-order valence-electron chi connectivity index (χ0n) is 15.8. The monoisotopic (exact) mass is 433 g/mol. The van der Waals surface area contributed by atoms with Crippen LogP contribution in [0.15, 0.2) is 59.0 Å². The second kappa shape index (κ2) is 8.39. The fourth-order valence-electron chi connectivity index (χ4n) is 3.32. The van der Waals surface area contributed by atoms with Crippen LogP contribution in [0.25, 0.3) is 5.57 Å². The van der Waals surface area contributed by atoms with Crippen molar-refractivity contribution in [2.24, 2.45) is 0 Å². The van der Waals surface area contributed by atoms with Crippen molar-refractivity contribution in [1.82, 2.24) is 4.90 Å². The molecule has 0 radical (unpaired) electrons. The summed E-state index contributed by atoms with van der Waals surface area (Å²) < 4.78 is 23.5. The average molecular weight is 434 g/mol. The van der Waals surface area contributed by atoms with Gasteiger partial charge in [0.25, 0.3) is 5.91 Å². The van der Waals surface area contributed by atoms with E-state index in [0.717, 1.165) is 11.8 Å². The Kier molecular flexibility index (Phi) is 6.10. The Morgan fingerprint density at radius 1 is 1.07 bits per heavy atom. The van der Waals surface area contributed by atoms with E-state index in [9.17, 15) is 18.0 Å². The molecule has 1 aliphatic heterocycles. The number of amides is 1. The number of sulfone groups is 1. The molecule has 1 fully saturated rings. The van der Waals surface area contributed by atoms with Gasteiger partial charge >= 0.3 is 5.97 Å². The number of rotatable bonds is 6. The van der Waals surface area contributed by atoms with Crippen LogP contribution in [0.5, 0.6) is 0 Å². The predicted molar refractivity (Wildman–Crippen MR) is 110 cm³/mol. The van der Waals surface area contributed by atoms with Gasteiger partial charge in [0, 0.05) is 29.9 Å². The molecular formula is C21H20ClNO5S. The van der Waals surface area contributed by atoms with E-state index in [1.807, 2.05) is 12.1 Å². The number of hydrogen-bond donors (Lipinski definition) is 1. The van der Waals surface area contributed by atoms with E-state index in [1.54, 1.807) is 24.3 Å². The van der Waals surface area contributed by atoms with Crippen LogP contribution in [0.4, 0.5) is 0 Å². The summed E-state index contributed by atoms with van der Waals surface area (Å²) in [7, 11) is -3.33. The van der Waals surface area contributed by atoms with Gasteiger partial charge in [0.2, 0.25) is 0 Å². The summed E-state index contributed by atoms with van der Waals surface area (Å²) in [6, 6.07) is 13.5. The van der Waals surface area contributed by atoms with Crippen molar-refractivity contribution in [3.8, 4) is 0 Å². The first-order valence-corrected chi connectivity index (χ1v) is 11.2. The lowest BCUT2D eigenvalue weighted by Gasteiger charge is -2.15. The maximum Gasteiger partial charge on any atom is 0.305 e. The number of benzene rings is 2. The molecule has 1 N–H and O–H groups in total. The number of likely N-dealkylation sites (tertiary alicyclic amines) is 1. The van der Waals surface area contributed by atoms with E-state index >= 15 is 0 Å². The van der Waals surface area contributed by atoms with Crippen LogP contribution in [-0.2, 0) is 19.4 Å². The molecule has 1 aliphatic rings. The highest BCUT2D eigenvalue weighted by Crippen LogP contribution is 2.33. The van der Waals surface area contributed by atoms with Gasteiger partial charge in [-0.2, -0.15) is 0 Å². The molecule has 8 heteroatoms. The van der Waals surface area contributed by atoms with Gasteiger partial charge in [0.1, 0.15) is 0 Å². The van der Waals surface area contributed by atoms with Gasteiger partial charge in [-0.15, -0.1) is 0 Å². The lowest BCUT2D eigenvalue weighted by Crippen LogP contribution is -2.28. The summed E-state index contributed by atoms with van der Waals surface area (Å²) in [6.45, 7) is 0.596. The number of carbonyl (C=O) groups is 2. The van der Waals surface area contributed by atoms with Crippen molar-refractivity contribution in [1.29, 1.82) is 0 Å². The number of hydrogen-bond acceptors (Lipinski definition) is 4. The molecule has 0 aromatic heterocycles. The molecule has 0 spiro atoms. The first-order chi connectivity index (χ1) is 13.7. The molecule has 6 nitrogen and oxygen atoms in total. The molecule has 0 aliphatic carbocycles. The van der Waals surface area contributed by atoms with E-state index < -0.39 is 15.8 Å². The van der Waals surface area contributed by atoms with E-state index in [0.29, 0.717) is 34.7 Å². The molecule has 0 atom stereocenters. The van der Waals surface area contributed by atoms with Gasteiger partial charge < -0.3 is 10.0 Å². The zero-order valence-corrected chi connectivity index (χ0v) is 17.3. The van der Waals surface area contributed by atoms with Crippen molar-refractivity contribution < 1.29 is 23.1 Å². The Hall–Kier alpha value is -2.64. The lowest BCUT2D eigenvalue weighted by atomic mass is 9.92. The van der Waals surface area contributed by atoms with Gasteiger partial charge in [-0.05, 0) is 47.4 Å². The molecule has 0 bridgehead atoms. The summed E-state index contributed by atoms with van der Waals surface area (Å²) in [6.07, 6.45) is 1.50. The topological polar surface area (TPSA) is 91.8 Å². The second-order valence-electron chi connectivity index (χ2n) is 6.84. The smallest absolute Gasteiger partial charge is 0.305 e. The van der Waals surface area contributed by atoms with Crippen LogP contribution >= 0.6 is 11.6 Å². The minimum atomic E-state index is -3.33. The third kappa shape index (κ3) is 4.86. The number of aliphatic carboxylic acids is 1. The van der Waals surface area contributed by atoms with Crippen LogP contribution in [0.3, 0.4) is 0 Å². The molecule has 0 unspecified atom stereocenters. The molecule has 1 amide bonds. The summed E-state index contributed by atoms with van der Waals surface area (Å²) in [4.78, 5) is 25.5. The standard InChI is InChI=1S/C21H20ClNO5S/c1-29(27,28)17-8-4-15(5-9-17)20(14-2-6-16(22)7-3-14)18-10-12-23(21(18)26)13-11-19(24)25/h2-9H,10-13H2,1H3,(H,24,25)/b20-18-. The Balaban J connectivity index is 2.07. The van der Waals surface area contributed by atoms with Crippen LogP contribution in [0.1, 0.15) is 24.0 Å². The van der Waals surface area contributed by atoms with Crippen molar-refractivity contribution >= 4 is 38.9 Å². The first-order valence-electron chi connectivity index (χ1n) is 8.97. The fraction of sp³-hybridized carbons (Fsp3) is 0.238. The first kappa shape index (κ1) is 21.1. The highest BCUT2D eigenvalue weighted by molar-refractivity contribution is 7.90. The van der Waals surface area contributed by atoms with Crippen LogP contribution < -0.4 is 0 Å². The molecular weight excluding hydrogens is 414 g/mol. The van der Waals surface area contributed by atoms with E-state index in [1.165, 1.54) is 17.0 Å². The molecule has 1 saturated heterocycles. The maximum atomic E-state index is 13.0. The van der Waals surface area contributed by atoms with Crippen molar-refractivity contribution in [2.75, 3.05) is 19.3 Å². The highest BCUT2D eigenvalue weighted by atomic mass is 35.5. The van der Waals surface area contributed by atoms with E-state index in [4.69, 9.17) is 16.7 Å². The zero-order chi connectivity index (χ0) is 21.2. The van der Waals surface area contributed by atoms with Crippen LogP contribution in [0.2, 0.25) is 5.02 Å². The van der Waals surface area contributed by atoms with E-state index in [2.05, 4.69) is 0 Å². The minimum absolute atomic E-state index is 0.113. The van der Waals surface area contributed by atoms with Crippen molar-refractivity contribution in [3.63, 3.8) is 0 Å². The van der Waals surface area contributed by atoms with Crippen LogP contribution in [0, 0.1) is 0 Å². The van der Waals surface area contributed by atoms with Gasteiger partial charge in [-0.25, -0.2) is 8.42 Å². The van der Waals surface area contributed by atoms with Gasteiger partial charge in [-0.1, -0.05) is 35.9 Å². The molecule has 1 heterocycles. The molecule has 2 aromatic rings. The Bertz CT molecular complexity index is 1070. The van der Waals surface area contributed by atoms with Crippen molar-refractivity contribution in [2.45, 2.75) is 17.7 Å². The van der Waals surface area contributed by atoms with Crippen molar-refractivity contribution in [3.05, 3.63) is 70.3 Å². The normalized spacial score (nSPS) is 16.2. The van der Waals surface area contributed by atoms with Gasteiger partial charge in [0.05, 0.1) is 11.3 Å². The Labute approximate surface area is 174 Å². The molecule has 0 saturated carbocycles. The summed E-state index contributed by atoms with van der Waals surface area (Å²) >= 11 is 6.00. The summed E-state index contributed by atoms with van der Waals surface area (Å²) in [5, 5.41) is 9.46. The van der Waals surface area contributed by atoms with Crippen LogP contribution in [-0.4, -0.2) is 49.6 Å². The number of carboxylic acid groups (broad SMARTS) is 1. The maximum absolute atomic E-state index is 13.0. The second-order valence-corrected chi connectivity index (χ2v) is 9.30. The Morgan fingerprint density at radius 3 is 2.14 bits per heavy atom.